The molecule has 0 aliphatic carbocycles. The first-order chi connectivity index (χ1) is 11.1. The predicted molar refractivity (Wildman–Crippen MR) is 90.2 cm³/mol. The number of hydrogen-bond acceptors (Lipinski definition) is 4. The molecular weight excluding hydrogens is 290 g/mol. The molecule has 0 spiro atoms. The Bertz CT molecular complexity index is 610. The Morgan fingerprint density at radius 3 is 2.35 bits per heavy atom. The van der Waals surface area contributed by atoms with Crippen LogP contribution in [0.2, 0.25) is 0 Å². The lowest BCUT2D eigenvalue weighted by Gasteiger charge is -2.20. The van der Waals surface area contributed by atoms with Crippen LogP contribution in [0.5, 0.6) is 0 Å². The van der Waals surface area contributed by atoms with E-state index < -0.39 is 6.10 Å². The van der Waals surface area contributed by atoms with Gasteiger partial charge in [-0.1, -0.05) is 42.5 Å². The van der Waals surface area contributed by atoms with Gasteiger partial charge in [0.2, 0.25) is 0 Å². The molecule has 0 radical (unpaired) electrons. The molecule has 0 aliphatic rings. The molecule has 2 aromatic carbocycles. The van der Waals surface area contributed by atoms with E-state index in [4.69, 9.17) is 0 Å². The molecule has 0 bridgehead atoms. The van der Waals surface area contributed by atoms with Crippen LogP contribution in [0.3, 0.4) is 0 Å². The fourth-order valence-electron chi connectivity index (χ4n) is 2.32. The summed E-state index contributed by atoms with van der Waals surface area (Å²) in [6.07, 6.45) is 0.169. The van der Waals surface area contributed by atoms with E-state index in [0.717, 1.165) is 11.1 Å². The molecular formula is C19H23NO3. The molecule has 4 heteroatoms. The van der Waals surface area contributed by atoms with E-state index in [1.54, 1.807) is 12.1 Å². The minimum Gasteiger partial charge on any atom is -0.465 e. The van der Waals surface area contributed by atoms with Crippen molar-refractivity contribution >= 4 is 5.97 Å². The number of benzene rings is 2. The monoisotopic (exact) mass is 313 g/mol. The number of methoxy groups -OCH3 is 1. The molecule has 0 aromatic heterocycles. The van der Waals surface area contributed by atoms with Gasteiger partial charge in [0.05, 0.1) is 18.8 Å². The molecule has 2 rings (SSSR count). The number of rotatable bonds is 7. The van der Waals surface area contributed by atoms with Crippen molar-refractivity contribution in [2.24, 2.45) is 0 Å². The smallest absolute Gasteiger partial charge is 0.337 e. The highest BCUT2D eigenvalue weighted by Gasteiger charge is 2.14. The summed E-state index contributed by atoms with van der Waals surface area (Å²) in [6.45, 7) is 2.60. The van der Waals surface area contributed by atoms with Crippen LogP contribution >= 0.6 is 0 Å². The van der Waals surface area contributed by atoms with Crippen molar-refractivity contribution in [1.82, 2.24) is 5.32 Å². The first-order valence-electron chi connectivity index (χ1n) is 7.73. The SMILES string of the molecule is COC(=O)c1ccc(CNC(C)C(O)Cc2ccccc2)cc1. The molecule has 2 atom stereocenters. The van der Waals surface area contributed by atoms with Gasteiger partial charge in [-0.05, 0) is 36.6 Å². The lowest BCUT2D eigenvalue weighted by molar-refractivity contribution is 0.0600. The number of esters is 1. The van der Waals surface area contributed by atoms with E-state index >= 15 is 0 Å². The van der Waals surface area contributed by atoms with Crippen molar-refractivity contribution in [3.05, 3.63) is 71.3 Å². The summed E-state index contributed by atoms with van der Waals surface area (Å²) in [5, 5.41) is 13.6. The molecule has 0 saturated carbocycles. The highest BCUT2D eigenvalue weighted by Crippen LogP contribution is 2.08. The lowest BCUT2D eigenvalue weighted by Crippen LogP contribution is -2.38. The number of aliphatic hydroxyl groups is 1. The minimum atomic E-state index is -0.452. The Morgan fingerprint density at radius 2 is 1.74 bits per heavy atom. The molecule has 0 saturated heterocycles. The summed E-state index contributed by atoms with van der Waals surface area (Å²) in [7, 11) is 1.37. The number of ether oxygens (including phenoxy) is 1. The normalized spacial score (nSPS) is 13.3. The van der Waals surface area contributed by atoms with Crippen LogP contribution in [0.1, 0.15) is 28.4 Å². The molecule has 0 aliphatic heterocycles. The van der Waals surface area contributed by atoms with Crippen molar-refractivity contribution in [2.45, 2.75) is 32.0 Å². The topological polar surface area (TPSA) is 58.6 Å². The third kappa shape index (κ3) is 5.20. The van der Waals surface area contributed by atoms with E-state index in [1.165, 1.54) is 7.11 Å². The van der Waals surface area contributed by atoms with Gasteiger partial charge in [0, 0.05) is 12.6 Å². The molecule has 0 amide bonds. The number of carbonyl (C=O) groups excluding carboxylic acids is 1. The third-order valence-electron chi connectivity index (χ3n) is 3.87. The second-order valence-corrected chi connectivity index (χ2v) is 5.62. The maximum Gasteiger partial charge on any atom is 0.337 e. The number of aliphatic hydroxyl groups excluding tert-OH is 1. The largest absolute Gasteiger partial charge is 0.465 e. The van der Waals surface area contributed by atoms with Crippen molar-refractivity contribution in [3.63, 3.8) is 0 Å². The number of nitrogens with one attached hydrogen (secondary N) is 1. The molecule has 2 N–H and O–H groups in total. The van der Waals surface area contributed by atoms with Crippen molar-refractivity contribution < 1.29 is 14.6 Å². The van der Waals surface area contributed by atoms with E-state index in [9.17, 15) is 9.90 Å². The fraction of sp³-hybridized carbons (Fsp3) is 0.316. The first kappa shape index (κ1) is 17.2. The fourth-order valence-corrected chi connectivity index (χ4v) is 2.32. The molecule has 2 aromatic rings. The second-order valence-electron chi connectivity index (χ2n) is 5.62. The Morgan fingerprint density at radius 1 is 1.09 bits per heavy atom. The quantitative estimate of drug-likeness (QED) is 0.771. The minimum absolute atomic E-state index is 0.0320. The van der Waals surface area contributed by atoms with E-state index in [0.29, 0.717) is 18.5 Å². The zero-order valence-electron chi connectivity index (χ0n) is 13.5. The highest BCUT2D eigenvalue weighted by atomic mass is 16.5. The standard InChI is InChI=1S/C19H23NO3/c1-14(18(21)12-15-6-4-3-5-7-15)20-13-16-8-10-17(11-9-16)19(22)23-2/h3-11,14,18,20-21H,12-13H2,1-2H3. The van der Waals surface area contributed by atoms with Gasteiger partial charge in [-0.25, -0.2) is 4.79 Å². The van der Waals surface area contributed by atoms with E-state index in [2.05, 4.69) is 10.1 Å². The van der Waals surface area contributed by atoms with Gasteiger partial charge in [-0.3, -0.25) is 0 Å². The van der Waals surface area contributed by atoms with Gasteiger partial charge in [-0.15, -0.1) is 0 Å². The van der Waals surface area contributed by atoms with Gasteiger partial charge < -0.3 is 15.2 Å². The zero-order valence-corrected chi connectivity index (χ0v) is 13.5. The van der Waals surface area contributed by atoms with Crippen LogP contribution in [-0.4, -0.2) is 30.3 Å². The van der Waals surface area contributed by atoms with Crippen molar-refractivity contribution in [3.8, 4) is 0 Å². The maximum atomic E-state index is 11.4. The summed E-state index contributed by atoms with van der Waals surface area (Å²) in [6, 6.07) is 17.2. The Labute approximate surface area is 137 Å². The van der Waals surface area contributed by atoms with Crippen LogP contribution in [-0.2, 0) is 17.7 Å². The summed E-state index contributed by atoms with van der Waals surface area (Å²) < 4.78 is 4.67. The van der Waals surface area contributed by atoms with E-state index in [-0.39, 0.29) is 12.0 Å². The van der Waals surface area contributed by atoms with Crippen LogP contribution in [0, 0.1) is 0 Å². The van der Waals surface area contributed by atoms with Crippen LogP contribution in [0.25, 0.3) is 0 Å². The van der Waals surface area contributed by atoms with Crippen molar-refractivity contribution in [1.29, 1.82) is 0 Å². The molecule has 4 nitrogen and oxygen atoms in total. The first-order valence-corrected chi connectivity index (χ1v) is 7.73. The third-order valence-corrected chi connectivity index (χ3v) is 3.87. The van der Waals surface area contributed by atoms with Gasteiger partial charge in [0.1, 0.15) is 0 Å². The highest BCUT2D eigenvalue weighted by molar-refractivity contribution is 5.89. The Kier molecular flexibility index (Phi) is 6.32. The van der Waals surface area contributed by atoms with Gasteiger partial charge in [-0.2, -0.15) is 0 Å². The Hall–Kier alpha value is -2.17. The number of hydrogen-bond donors (Lipinski definition) is 2. The summed E-state index contributed by atoms with van der Waals surface area (Å²) in [4.78, 5) is 11.4. The van der Waals surface area contributed by atoms with Gasteiger partial charge in [0.25, 0.3) is 0 Å². The molecule has 2 unspecified atom stereocenters. The zero-order chi connectivity index (χ0) is 16.7. The average Bonchev–Trinajstić information content (AvgIpc) is 2.60. The summed E-state index contributed by atoms with van der Waals surface area (Å²) in [5.74, 6) is -0.337. The van der Waals surface area contributed by atoms with Crippen molar-refractivity contribution in [2.75, 3.05) is 7.11 Å². The molecule has 23 heavy (non-hydrogen) atoms. The van der Waals surface area contributed by atoms with Crippen LogP contribution in [0.4, 0.5) is 0 Å². The number of carbonyl (C=O) groups is 1. The predicted octanol–water partition coefficient (Wildman–Crippen LogP) is 2.55. The molecule has 0 heterocycles. The van der Waals surface area contributed by atoms with Gasteiger partial charge in [0.15, 0.2) is 0 Å². The second kappa shape index (κ2) is 8.46. The summed E-state index contributed by atoms with van der Waals surface area (Å²) >= 11 is 0. The maximum absolute atomic E-state index is 11.4. The lowest BCUT2D eigenvalue weighted by atomic mass is 10.0. The molecule has 0 fully saturated rings. The molecule has 122 valence electrons. The Balaban J connectivity index is 1.83. The summed E-state index contributed by atoms with van der Waals surface area (Å²) in [5.41, 5.74) is 2.71. The van der Waals surface area contributed by atoms with Gasteiger partial charge >= 0.3 is 5.97 Å². The van der Waals surface area contributed by atoms with Crippen LogP contribution < -0.4 is 5.32 Å². The average molecular weight is 313 g/mol. The van der Waals surface area contributed by atoms with E-state index in [1.807, 2.05) is 49.4 Å². The van der Waals surface area contributed by atoms with Crippen LogP contribution in [0.15, 0.2) is 54.6 Å².